The highest BCUT2D eigenvalue weighted by atomic mass is 32.1. The summed E-state index contributed by atoms with van der Waals surface area (Å²) in [6.45, 7) is 8.01. The minimum absolute atomic E-state index is 0.00785. The van der Waals surface area contributed by atoms with Crippen molar-refractivity contribution < 1.29 is 14.4 Å². The zero-order chi connectivity index (χ0) is 15.1. The zero-order valence-electron chi connectivity index (χ0n) is 12.7. The van der Waals surface area contributed by atoms with Gasteiger partial charge in [-0.25, -0.2) is 4.99 Å². The predicted octanol–water partition coefficient (Wildman–Crippen LogP) is 0.938. The Bertz CT molecular complexity index is 465. The minimum Gasteiger partial charge on any atom is -0.462 e. The fourth-order valence-electron chi connectivity index (χ4n) is 2.34. The fraction of sp³-hybridized carbons (Fsp3) is 0.600. The van der Waals surface area contributed by atoms with Crippen LogP contribution in [0.4, 0.5) is 0 Å². The van der Waals surface area contributed by atoms with Gasteiger partial charge in [0.15, 0.2) is 0 Å². The lowest BCUT2D eigenvalue weighted by Gasteiger charge is -2.14. The first kappa shape index (κ1) is 16.0. The number of amides is 1. The van der Waals surface area contributed by atoms with Gasteiger partial charge < -0.3 is 9.64 Å². The number of nitrogens with one attached hydrogen (secondary N) is 2. The maximum Gasteiger partial charge on any atom is 0.292 e. The second-order valence-electron chi connectivity index (χ2n) is 5.49. The lowest BCUT2D eigenvalue weighted by atomic mass is 10.4. The Hall–Kier alpha value is -1.40. The summed E-state index contributed by atoms with van der Waals surface area (Å²) >= 11 is 1.41. The van der Waals surface area contributed by atoms with E-state index in [1.807, 2.05) is 25.3 Å². The van der Waals surface area contributed by atoms with Crippen LogP contribution in [0.3, 0.4) is 0 Å². The van der Waals surface area contributed by atoms with Crippen molar-refractivity contribution in [2.75, 3.05) is 26.2 Å². The number of hydrogen-bond acceptors (Lipinski definition) is 4. The Morgan fingerprint density at radius 2 is 2.24 bits per heavy atom. The van der Waals surface area contributed by atoms with Crippen LogP contribution in [0.2, 0.25) is 0 Å². The molecule has 0 radical (unpaired) electrons. The van der Waals surface area contributed by atoms with Gasteiger partial charge >= 0.3 is 0 Å². The SMILES string of the molecule is CC(C)OC(=NCC[NH+]1CCCC1)NC(=O)c1cccs1. The number of carbonyl (C=O) groups is 1. The molecular weight excluding hydrogens is 286 g/mol. The number of thiophene rings is 1. The Morgan fingerprint density at radius 3 is 2.86 bits per heavy atom. The molecule has 6 heteroatoms. The summed E-state index contributed by atoms with van der Waals surface area (Å²) in [5.74, 6) is -0.155. The molecule has 0 bridgehead atoms. The summed E-state index contributed by atoms with van der Waals surface area (Å²) < 4.78 is 5.60. The van der Waals surface area contributed by atoms with E-state index in [1.165, 1.54) is 37.3 Å². The minimum atomic E-state index is -0.155. The maximum atomic E-state index is 12.1. The Kier molecular flexibility index (Phi) is 6.20. The van der Waals surface area contributed by atoms with Gasteiger partial charge in [-0.1, -0.05) is 6.07 Å². The third kappa shape index (κ3) is 5.47. The molecular formula is C15H24N3O2S+. The van der Waals surface area contributed by atoms with Crippen LogP contribution >= 0.6 is 11.3 Å². The van der Waals surface area contributed by atoms with E-state index < -0.39 is 0 Å². The molecule has 1 aliphatic rings. The van der Waals surface area contributed by atoms with Crippen LogP contribution in [0.1, 0.15) is 36.4 Å². The van der Waals surface area contributed by atoms with Gasteiger partial charge in [0.1, 0.15) is 0 Å². The van der Waals surface area contributed by atoms with Crippen molar-refractivity contribution in [3.05, 3.63) is 22.4 Å². The number of nitrogens with zero attached hydrogens (tertiary/aromatic N) is 1. The average molecular weight is 310 g/mol. The van der Waals surface area contributed by atoms with Crippen LogP contribution in [0.15, 0.2) is 22.5 Å². The molecule has 2 rings (SSSR count). The fourth-order valence-corrected chi connectivity index (χ4v) is 2.96. The first-order valence-electron chi connectivity index (χ1n) is 7.54. The Balaban J connectivity index is 1.88. The average Bonchev–Trinajstić information content (AvgIpc) is 3.11. The first-order valence-corrected chi connectivity index (χ1v) is 8.42. The van der Waals surface area contributed by atoms with E-state index in [2.05, 4.69) is 10.3 Å². The quantitative estimate of drug-likeness (QED) is 0.628. The molecule has 0 aromatic carbocycles. The van der Waals surface area contributed by atoms with E-state index >= 15 is 0 Å². The van der Waals surface area contributed by atoms with E-state index in [-0.39, 0.29) is 12.0 Å². The number of likely N-dealkylation sites (tertiary alicyclic amines) is 1. The van der Waals surface area contributed by atoms with Gasteiger partial charge in [0.2, 0.25) is 0 Å². The van der Waals surface area contributed by atoms with Gasteiger partial charge in [-0.2, -0.15) is 0 Å². The molecule has 1 aromatic heterocycles. The molecule has 2 heterocycles. The summed E-state index contributed by atoms with van der Waals surface area (Å²) in [7, 11) is 0. The maximum absolute atomic E-state index is 12.1. The van der Waals surface area contributed by atoms with Crippen LogP contribution in [0.5, 0.6) is 0 Å². The Morgan fingerprint density at radius 1 is 1.48 bits per heavy atom. The first-order chi connectivity index (χ1) is 10.1. The molecule has 1 saturated heterocycles. The van der Waals surface area contributed by atoms with Gasteiger partial charge in [-0.05, 0) is 25.3 Å². The van der Waals surface area contributed by atoms with Crippen LogP contribution in [-0.2, 0) is 4.74 Å². The van der Waals surface area contributed by atoms with Gasteiger partial charge in [0.05, 0.1) is 37.2 Å². The molecule has 1 aliphatic heterocycles. The number of carbonyl (C=O) groups excluding carboxylic acids is 1. The van der Waals surface area contributed by atoms with Crippen LogP contribution in [-0.4, -0.2) is 44.2 Å². The van der Waals surface area contributed by atoms with Crippen molar-refractivity contribution in [3.8, 4) is 0 Å². The smallest absolute Gasteiger partial charge is 0.292 e. The topological polar surface area (TPSA) is 55.1 Å². The molecule has 116 valence electrons. The normalized spacial score (nSPS) is 16.4. The second kappa shape index (κ2) is 8.14. The largest absolute Gasteiger partial charge is 0.462 e. The molecule has 0 saturated carbocycles. The highest BCUT2D eigenvalue weighted by Crippen LogP contribution is 2.07. The Labute approximate surface area is 130 Å². The molecule has 1 amide bonds. The molecule has 0 atom stereocenters. The zero-order valence-corrected chi connectivity index (χ0v) is 13.5. The van der Waals surface area contributed by atoms with Crippen LogP contribution < -0.4 is 10.2 Å². The number of quaternary nitrogens is 1. The summed E-state index contributed by atoms with van der Waals surface area (Å²) in [4.78, 5) is 18.7. The predicted molar refractivity (Wildman–Crippen MR) is 85.1 cm³/mol. The van der Waals surface area contributed by atoms with Crippen molar-refractivity contribution in [2.24, 2.45) is 4.99 Å². The van der Waals surface area contributed by atoms with E-state index in [9.17, 15) is 4.79 Å². The van der Waals surface area contributed by atoms with E-state index in [0.717, 1.165) is 6.54 Å². The monoisotopic (exact) mass is 310 g/mol. The molecule has 2 N–H and O–H groups in total. The third-order valence-corrected chi connectivity index (χ3v) is 4.21. The third-order valence-electron chi connectivity index (χ3n) is 3.34. The molecule has 1 fully saturated rings. The van der Waals surface area contributed by atoms with Crippen molar-refractivity contribution in [1.29, 1.82) is 0 Å². The standard InChI is InChI=1S/C15H23N3O2S/c1-12(2)20-15(16-7-10-18-8-3-4-9-18)17-14(19)13-6-5-11-21-13/h5-6,11-12H,3-4,7-10H2,1-2H3,(H,16,17,19)/p+1. The lowest BCUT2D eigenvalue weighted by Crippen LogP contribution is -3.10. The number of ether oxygens (including phenoxy) is 1. The summed E-state index contributed by atoms with van der Waals surface area (Å²) in [5.41, 5.74) is 0. The van der Waals surface area contributed by atoms with E-state index in [4.69, 9.17) is 4.74 Å². The van der Waals surface area contributed by atoms with E-state index in [0.29, 0.717) is 17.4 Å². The molecule has 0 spiro atoms. The van der Waals surface area contributed by atoms with Crippen molar-refractivity contribution in [2.45, 2.75) is 32.8 Å². The number of aliphatic imine (C=N–C) groups is 1. The lowest BCUT2D eigenvalue weighted by molar-refractivity contribution is -0.885. The highest BCUT2D eigenvalue weighted by molar-refractivity contribution is 7.12. The van der Waals surface area contributed by atoms with Gasteiger partial charge in [-0.15, -0.1) is 11.3 Å². The molecule has 1 aromatic rings. The van der Waals surface area contributed by atoms with Crippen LogP contribution in [0, 0.1) is 0 Å². The number of hydrogen-bond donors (Lipinski definition) is 2. The molecule has 0 aliphatic carbocycles. The molecule has 5 nitrogen and oxygen atoms in total. The van der Waals surface area contributed by atoms with Crippen LogP contribution in [0.25, 0.3) is 0 Å². The molecule has 21 heavy (non-hydrogen) atoms. The molecule has 0 unspecified atom stereocenters. The highest BCUT2D eigenvalue weighted by Gasteiger charge is 2.15. The number of amidine groups is 1. The van der Waals surface area contributed by atoms with Gasteiger partial charge in [-0.3, -0.25) is 10.1 Å². The second-order valence-corrected chi connectivity index (χ2v) is 6.44. The summed E-state index contributed by atoms with van der Waals surface area (Å²) in [6, 6.07) is 3.99. The van der Waals surface area contributed by atoms with Gasteiger partial charge in [0, 0.05) is 12.8 Å². The van der Waals surface area contributed by atoms with Crippen molar-refractivity contribution in [3.63, 3.8) is 0 Å². The summed E-state index contributed by atoms with van der Waals surface area (Å²) in [5, 5.41) is 4.65. The van der Waals surface area contributed by atoms with Crippen molar-refractivity contribution >= 4 is 23.3 Å². The van der Waals surface area contributed by atoms with Crippen molar-refractivity contribution in [1.82, 2.24) is 5.32 Å². The summed E-state index contributed by atoms with van der Waals surface area (Å²) in [6.07, 6.45) is 2.61. The van der Waals surface area contributed by atoms with E-state index in [1.54, 1.807) is 11.0 Å². The van der Waals surface area contributed by atoms with Gasteiger partial charge in [0.25, 0.3) is 11.9 Å². The number of rotatable bonds is 5.